The van der Waals surface area contributed by atoms with Crippen LogP contribution in [0.4, 0.5) is 5.69 Å². The molecule has 31 heavy (non-hydrogen) atoms. The lowest BCUT2D eigenvalue weighted by Crippen LogP contribution is -2.61. The molecule has 3 fully saturated rings. The zero-order valence-electron chi connectivity index (χ0n) is 18.1. The highest BCUT2D eigenvalue weighted by atomic mass is 32.1. The van der Waals surface area contributed by atoms with Crippen molar-refractivity contribution in [3.05, 3.63) is 29.3 Å². The van der Waals surface area contributed by atoms with Crippen LogP contribution >= 0.6 is 12.2 Å². The number of thiocarbonyl (C=S) groups is 1. The maximum absolute atomic E-state index is 13.2. The SMILES string of the molecule is Cc1cc(C)cc(N2C(=S)NC3C(O)C(O)CC(C(=O)NCCN4CCOCC4)C32)c1. The fraction of sp³-hybridized carbons (Fsp3) is 0.636. The Kier molecular flexibility index (Phi) is 6.78. The van der Waals surface area contributed by atoms with Crippen LogP contribution in [0, 0.1) is 19.8 Å². The molecule has 0 spiro atoms. The zero-order valence-corrected chi connectivity index (χ0v) is 18.9. The van der Waals surface area contributed by atoms with Crippen LogP contribution < -0.4 is 15.5 Å². The highest BCUT2D eigenvalue weighted by Crippen LogP contribution is 2.37. The van der Waals surface area contributed by atoms with Crippen LogP contribution in [0.3, 0.4) is 0 Å². The quantitative estimate of drug-likeness (QED) is 0.465. The summed E-state index contributed by atoms with van der Waals surface area (Å²) in [6.45, 7) is 8.52. The van der Waals surface area contributed by atoms with Crippen LogP contribution in [-0.4, -0.2) is 89.8 Å². The number of fused-ring (bicyclic) bond motifs is 1. The van der Waals surface area contributed by atoms with E-state index in [1.54, 1.807) is 0 Å². The highest BCUT2D eigenvalue weighted by molar-refractivity contribution is 7.80. The van der Waals surface area contributed by atoms with Crippen molar-refractivity contribution in [1.82, 2.24) is 15.5 Å². The molecule has 9 heteroatoms. The number of aliphatic hydroxyl groups excluding tert-OH is 2. The second-order valence-electron chi connectivity index (χ2n) is 8.83. The molecule has 1 saturated carbocycles. The van der Waals surface area contributed by atoms with Crippen molar-refractivity contribution in [1.29, 1.82) is 0 Å². The number of aliphatic hydroxyl groups is 2. The van der Waals surface area contributed by atoms with E-state index in [4.69, 9.17) is 17.0 Å². The second kappa shape index (κ2) is 9.38. The molecule has 1 aromatic rings. The molecule has 1 aromatic carbocycles. The number of nitrogens with one attached hydrogen (secondary N) is 2. The van der Waals surface area contributed by atoms with Gasteiger partial charge in [0.2, 0.25) is 5.91 Å². The minimum absolute atomic E-state index is 0.116. The van der Waals surface area contributed by atoms with Gasteiger partial charge in [0.15, 0.2) is 5.11 Å². The molecule has 2 saturated heterocycles. The molecule has 1 aliphatic carbocycles. The maximum Gasteiger partial charge on any atom is 0.225 e. The van der Waals surface area contributed by atoms with E-state index in [9.17, 15) is 15.0 Å². The number of aryl methyl sites for hydroxylation is 2. The van der Waals surface area contributed by atoms with Crippen LogP contribution in [0.25, 0.3) is 0 Å². The van der Waals surface area contributed by atoms with Gasteiger partial charge in [0, 0.05) is 31.9 Å². The summed E-state index contributed by atoms with van der Waals surface area (Å²) in [6, 6.07) is 5.29. The molecular formula is C22H32N4O4S. The van der Waals surface area contributed by atoms with Gasteiger partial charge in [-0.25, -0.2) is 0 Å². The highest BCUT2D eigenvalue weighted by Gasteiger charge is 2.53. The van der Waals surface area contributed by atoms with Gasteiger partial charge in [-0.15, -0.1) is 0 Å². The topological polar surface area (TPSA) is 97.3 Å². The molecule has 5 unspecified atom stereocenters. The van der Waals surface area contributed by atoms with Crippen LogP contribution in [0.2, 0.25) is 0 Å². The first-order valence-corrected chi connectivity index (χ1v) is 11.4. The smallest absolute Gasteiger partial charge is 0.225 e. The molecule has 1 amide bonds. The number of amides is 1. The molecular weight excluding hydrogens is 416 g/mol. The number of carbonyl (C=O) groups excluding carboxylic acids is 1. The molecule has 170 valence electrons. The fourth-order valence-corrected chi connectivity index (χ4v) is 5.39. The third-order valence-corrected chi connectivity index (χ3v) is 6.81. The van der Waals surface area contributed by atoms with E-state index in [-0.39, 0.29) is 18.4 Å². The lowest BCUT2D eigenvalue weighted by Gasteiger charge is -2.41. The van der Waals surface area contributed by atoms with Gasteiger partial charge < -0.3 is 30.5 Å². The van der Waals surface area contributed by atoms with Gasteiger partial charge in [-0.05, 0) is 55.7 Å². The third kappa shape index (κ3) is 4.70. The van der Waals surface area contributed by atoms with Gasteiger partial charge in [-0.3, -0.25) is 9.69 Å². The predicted octanol–water partition coefficient (Wildman–Crippen LogP) is -0.0748. The van der Waals surface area contributed by atoms with Gasteiger partial charge in [0.05, 0.1) is 37.3 Å². The Morgan fingerprint density at radius 2 is 1.90 bits per heavy atom. The number of hydrogen-bond donors (Lipinski definition) is 4. The largest absolute Gasteiger partial charge is 0.390 e. The normalized spacial score (nSPS) is 31.3. The van der Waals surface area contributed by atoms with Crippen LogP contribution in [0.1, 0.15) is 17.5 Å². The molecule has 0 aromatic heterocycles. The Bertz CT molecular complexity index is 811. The van der Waals surface area contributed by atoms with Gasteiger partial charge in [-0.2, -0.15) is 0 Å². The summed E-state index contributed by atoms with van der Waals surface area (Å²) in [4.78, 5) is 17.4. The Hall–Kier alpha value is -1.78. The summed E-state index contributed by atoms with van der Waals surface area (Å²) in [6.07, 6.45) is -1.78. The van der Waals surface area contributed by atoms with Crippen molar-refractivity contribution in [3.63, 3.8) is 0 Å². The van der Waals surface area contributed by atoms with E-state index >= 15 is 0 Å². The standard InChI is InChI=1S/C22H32N4O4S/c1-13-9-14(2)11-15(10-13)26-19-16(12-17(27)20(28)18(19)24-22(26)31)21(29)23-3-4-25-5-7-30-8-6-25/h9-11,16-20,27-28H,3-8,12H2,1-2H3,(H,23,29)(H,24,31). The van der Waals surface area contributed by atoms with Crippen molar-refractivity contribution in [2.24, 2.45) is 5.92 Å². The molecule has 0 bridgehead atoms. The van der Waals surface area contributed by atoms with Gasteiger partial charge in [0.25, 0.3) is 0 Å². The number of morpholine rings is 1. The fourth-order valence-electron chi connectivity index (χ4n) is 5.02. The van der Waals surface area contributed by atoms with Crippen molar-refractivity contribution >= 4 is 28.9 Å². The van der Waals surface area contributed by atoms with Gasteiger partial charge in [-0.1, -0.05) is 6.07 Å². The summed E-state index contributed by atoms with van der Waals surface area (Å²) in [5.41, 5.74) is 3.10. The molecule has 2 heterocycles. The zero-order chi connectivity index (χ0) is 22.1. The Labute approximate surface area is 188 Å². The monoisotopic (exact) mass is 448 g/mol. The number of anilines is 1. The second-order valence-corrected chi connectivity index (χ2v) is 9.21. The molecule has 2 aliphatic heterocycles. The van der Waals surface area contributed by atoms with E-state index in [2.05, 4.69) is 21.6 Å². The molecule has 8 nitrogen and oxygen atoms in total. The molecule has 3 aliphatic rings. The molecule has 4 rings (SSSR count). The van der Waals surface area contributed by atoms with Crippen molar-refractivity contribution in [3.8, 4) is 0 Å². The Morgan fingerprint density at radius 1 is 1.23 bits per heavy atom. The minimum atomic E-state index is -0.990. The molecule has 5 atom stereocenters. The minimum Gasteiger partial charge on any atom is -0.390 e. The summed E-state index contributed by atoms with van der Waals surface area (Å²) >= 11 is 5.60. The number of benzene rings is 1. The lowest BCUT2D eigenvalue weighted by molar-refractivity contribution is -0.131. The van der Waals surface area contributed by atoms with Crippen LogP contribution in [-0.2, 0) is 9.53 Å². The summed E-state index contributed by atoms with van der Waals surface area (Å²) < 4.78 is 5.37. The Morgan fingerprint density at radius 3 is 2.58 bits per heavy atom. The summed E-state index contributed by atoms with van der Waals surface area (Å²) in [5.74, 6) is -0.614. The molecule has 4 N–H and O–H groups in total. The van der Waals surface area contributed by atoms with Gasteiger partial charge >= 0.3 is 0 Å². The number of nitrogens with zero attached hydrogens (tertiary/aromatic N) is 2. The van der Waals surface area contributed by atoms with Gasteiger partial charge in [0.1, 0.15) is 6.10 Å². The average Bonchev–Trinajstić information content (AvgIpc) is 3.08. The number of hydrogen-bond acceptors (Lipinski definition) is 6. The number of ether oxygens (including phenoxy) is 1. The first kappa shape index (κ1) is 22.4. The van der Waals surface area contributed by atoms with Crippen molar-refractivity contribution in [2.45, 2.75) is 44.6 Å². The maximum atomic E-state index is 13.2. The van der Waals surface area contributed by atoms with E-state index < -0.39 is 24.2 Å². The number of carbonyl (C=O) groups is 1. The predicted molar refractivity (Wildman–Crippen MR) is 122 cm³/mol. The number of rotatable bonds is 5. The first-order chi connectivity index (χ1) is 14.8. The van der Waals surface area contributed by atoms with E-state index in [0.717, 1.165) is 49.7 Å². The summed E-state index contributed by atoms with van der Waals surface area (Å²) in [5, 5.41) is 27.8. The Balaban J connectivity index is 1.52. The lowest BCUT2D eigenvalue weighted by atomic mass is 9.77. The van der Waals surface area contributed by atoms with Crippen LogP contribution in [0.15, 0.2) is 18.2 Å². The summed E-state index contributed by atoms with van der Waals surface area (Å²) in [7, 11) is 0. The third-order valence-electron chi connectivity index (χ3n) is 6.50. The van der Waals surface area contributed by atoms with E-state index in [1.165, 1.54) is 0 Å². The van der Waals surface area contributed by atoms with Crippen molar-refractivity contribution in [2.75, 3.05) is 44.3 Å². The molecule has 0 radical (unpaired) electrons. The first-order valence-electron chi connectivity index (χ1n) is 11.0. The van der Waals surface area contributed by atoms with E-state index in [1.807, 2.05) is 30.9 Å². The van der Waals surface area contributed by atoms with E-state index in [0.29, 0.717) is 11.7 Å². The average molecular weight is 449 g/mol. The van der Waals surface area contributed by atoms with Crippen molar-refractivity contribution < 1.29 is 19.7 Å². The van der Waals surface area contributed by atoms with Crippen LogP contribution in [0.5, 0.6) is 0 Å².